The monoisotopic (exact) mass is 142 g/mol. The summed E-state index contributed by atoms with van der Waals surface area (Å²) >= 11 is 0. The van der Waals surface area contributed by atoms with Gasteiger partial charge in [-0.2, -0.15) is 0 Å². The normalized spacial score (nSPS) is 32.4. The minimum atomic E-state index is 0.404. The molecule has 1 N–H and O–H groups in total. The summed E-state index contributed by atoms with van der Waals surface area (Å²) in [6.07, 6.45) is 2.53. The minimum Gasteiger partial charge on any atom is -0.396 e. The van der Waals surface area contributed by atoms with Gasteiger partial charge in [-0.1, -0.05) is 20.8 Å². The lowest BCUT2D eigenvalue weighted by molar-refractivity contribution is 0.255. The van der Waals surface area contributed by atoms with Crippen molar-refractivity contribution in [1.29, 1.82) is 0 Å². The molecule has 60 valence electrons. The van der Waals surface area contributed by atoms with Crippen molar-refractivity contribution in [3.8, 4) is 0 Å². The quantitative estimate of drug-likeness (QED) is 0.625. The molecule has 0 saturated heterocycles. The molecule has 0 heterocycles. The Morgan fingerprint density at radius 3 is 2.20 bits per heavy atom. The average Bonchev–Trinajstić information content (AvgIpc) is 2.42. The van der Waals surface area contributed by atoms with Gasteiger partial charge in [0.2, 0.25) is 0 Å². The van der Waals surface area contributed by atoms with Gasteiger partial charge in [-0.25, -0.2) is 0 Å². The molecule has 1 rings (SSSR count). The molecule has 1 fully saturated rings. The summed E-state index contributed by atoms with van der Waals surface area (Å²) in [5, 5.41) is 8.77. The van der Waals surface area contributed by atoms with Crippen LogP contribution in [0.15, 0.2) is 0 Å². The summed E-state index contributed by atoms with van der Waals surface area (Å²) in [6, 6.07) is 0. The molecule has 0 radical (unpaired) electrons. The van der Waals surface area contributed by atoms with Crippen molar-refractivity contribution in [3.63, 3.8) is 0 Å². The maximum Gasteiger partial charge on any atom is 0.0462 e. The molecule has 1 saturated carbocycles. The number of hydrogen-bond donors (Lipinski definition) is 1. The smallest absolute Gasteiger partial charge is 0.0462 e. The van der Waals surface area contributed by atoms with E-state index in [9.17, 15) is 0 Å². The van der Waals surface area contributed by atoms with Crippen LogP contribution in [0.5, 0.6) is 0 Å². The van der Waals surface area contributed by atoms with Crippen LogP contribution >= 0.6 is 0 Å². The van der Waals surface area contributed by atoms with Gasteiger partial charge in [-0.05, 0) is 30.1 Å². The van der Waals surface area contributed by atoms with Crippen LogP contribution in [0, 0.1) is 17.3 Å². The topological polar surface area (TPSA) is 20.2 Å². The lowest BCUT2D eigenvalue weighted by Gasteiger charge is -2.17. The molecule has 0 aromatic rings. The van der Waals surface area contributed by atoms with E-state index in [4.69, 9.17) is 5.11 Å². The Labute approximate surface area is 63.4 Å². The van der Waals surface area contributed by atoms with Crippen molar-refractivity contribution in [3.05, 3.63) is 0 Å². The van der Waals surface area contributed by atoms with Crippen molar-refractivity contribution in [2.45, 2.75) is 33.6 Å². The highest BCUT2D eigenvalue weighted by atomic mass is 16.3. The zero-order chi connectivity index (χ0) is 7.78. The number of aliphatic hydroxyl groups excluding tert-OH is 1. The molecule has 1 aliphatic rings. The van der Waals surface area contributed by atoms with E-state index in [1.165, 1.54) is 12.8 Å². The average molecular weight is 142 g/mol. The summed E-state index contributed by atoms with van der Waals surface area (Å²) < 4.78 is 0. The van der Waals surface area contributed by atoms with E-state index in [0.29, 0.717) is 17.9 Å². The summed E-state index contributed by atoms with van der Waals surface area (Å²) in [4.78, 5) is 0. The minimum absolute atomic E-state index is 0.404. The van der Waals surface area contributed by atoms with Crippen LogP contribution in [0.3, 0.4) is 0 Å². The van der Waals surface area contributed by atoms with Crippen molar-refractivity contribution in [1.82, 2.24) is 0 Å². The van der Waals surface area contributed by atoms with Crippen molar-refractivity contribution in [2.24, 2.45) is 17.3 Å². The Balaban J connectivity index is 2.18. The first-order valence-electron chi connectivity index (χ1n) is 4.14. The molecule has 1 nitrogen and oxygen atoms in total. The van der Waals surface area contributed by atoms with E-state index >= 15 is 0 Å². The lowest BCUT2D eigenvalue weighted by Crippen LogP contribution is -2.06. The van der Waals surface area contributed by atoms with Crippen LogP contribution in [0.1, 0.15) is 33.6 Å². The maximum absolute atomic E-state index is 8.77. The summed E-state index contributed by atoms with van der Waals surface area (Å²) in [5.74, 6) is 1.46. The van der Waals surface area contributed by atoms with E-state index in [0.717, 1.165) is 5.92 Å². The van der Waals surface area contributed by atoms with Crippen LogP contribution < -0.4 is 0 Å². The number of rotatable bonds is 2. The molecule has 2 atom stereocenters. The molecule has 0 bridgehead atoms. The van der Waals surface area contributed by atoms with Crippen LogP contribution in [0.4, 0.5) is 0 Å². The fourth-order valence-corrected chi connectivity index (χ4v) is 1.57. The van der Waals surface area contributed by atoms with Crippen molar-refractivity contribution in [2.75, 3.05) is 6.61 Å². The van der Waals surface area contributed by atoms with Crippen molar-refractivity contribution >= 4 is 0 Å². The van der Waals surface area contributed by atoms with Gasteiger partial charge in [0.25, 0.3) is 0 Å². The Morgan fingerprint density at radius 1 is 1.30 bits per heavy atom. The van der Waals surface area contributed by atoms with E-state index in [2.05, 4.69) is 20.8 Å². The second kappa shape index (κ2) is 2.54. The Morgan fingerprint density at radius 2 is 1.90 bits per heavy atom. The molecule has 0 aliphatic heterocycles. The van der Waals surface area contributed by atoms with Gasteiger partial charge >= 0.3 is 0 Å². The predicted molar refractivity (Wildman–Crippen MR) is 42.8 cm³/mol. The third-order valence-corrected chi connectivity index (χ3v) is 2.18. The molecule has 0 amide bonds. The Hall–Kier alpha value is -0.0400. The highest BCUT2D eigenvalue weighted by Crippen LogP contribution is 2.45. The van der Waals surface area contributed by atoms with E-state index < -0.39 is 0 Å². The number of hydrogen-bond acceptors (Lipinski definition) is 1. The zero-order valence-corrected chi connectivity index (χ0v) is 7.22. The Bertz CT molecular complexity index is 112. The Kier molecular flexibility index (Phi) is 2.04. The fraction of sp³-hybridized carbons (Fsp3) is 1.00. The van der Waals surface area contributed by atoms with Gasteiger partial charge in [0.15, 0.2) is 0 Å². The summed E-state index contributed by atoms with van der Waals surface area (Å²) in [5.41, 5.74) is 0.453. The number of aliphatic hydroxyl groups is 1. The van der Waals surface area contributed by atoms with E-state index in [-0.39, 0.29) is 0 Å². The second-order valence-corrected chi connectivity index (χ2v) is 4.70. The van der Waals surface area contributed by atoms with Gasteiger partial charge in [0.1, 0.15) is 0 Å². The van der Waals surface area contributed by atoms with Gasteiger partial charge < -0.3 is 5.11 Å². The third kappa shape index (κ3) is 2.30. The molecule has 10 heavy (non-hydrogen) atoms. The largest absolute Gasteiger partial charge is 0.396 e. The molecule has 0 aromatic carbocycles. The SMILES string of the molecule is CC(C)(C)C[C@H]1C[C@H]1CO. The molecule has 1 aliphatic carbocycles. The van der Waals surface area contributed by atoms with Gasteiger partial charge in [-0.15, -0.1) is 0 Å². The first-order valence-corrected chi connectivity index (χ1v) is 4.14. The second-order valence-electron chi connectivity index (χ2n) is 4.70. The molecule has 0 aromatic heterocycles. The third-order valence-electron chi connectivity index (χ3n) is 2.18. The standard InChI is InChI=1S/C9H18O/c1-9(2,3)5-7-4-8(7)6-10/h7-8,10H,4-6H2,1-3H3/t7-,8+/m1/s1. The molecule has 1 heteroatoms. The fourth-order valence-electron chi connectivity index (χ4n) is 1.57. The zero-order valence-electron chi connectivity index (χ0n) is 7.22. The highest BCUT2D eigenvalue weighted by Gasteiger charge is 2.38. The van der Waals surface area contributed by atoms with Crippen LogP contribution in [0.25, 0.3) is 0 Å². The van der Waals surface area contributed by atoms with E-state index in [1.807, 2.05) is 0 Å². The molecular weight excluding hydrogens is 124 g/mol. The maximum atomic E-state index is 8.77. The summed E-state index contributed by atoms with van der Waals surface area (Å²) in [7, 11) is 0. The molecule has 0 spiro atoms. The van der Waals surface area contributed by atoms with E-state index in [1.54, 1.807) is 0 Å². The van der Waals surface area contributed by atoms with Crippen molar-refractivity contribution < 1.29 is 5.11 Å². The first kappa shape index (κ1) is 8.06. The molecular formula is C9H18O. The van der Waals surface area contributed by atoms with Gasteiger partial charge in [-0.3, -0.25) is 0 Å². The van der Waals surface area contributed by atoms with Crippen LogP contribution in [-0.4, -0.2) is 11.7 Å². The van der Waals surface area contributed by atoms with Gasteiger partial charge in [0.05, 0.1) is 0 Å². The van der Waals surface area contributed by atoms with Crippen LogP contribution in [0.2, 0.25) is 0 Å². The highest BCUT2D eigenvalue weighted by molar-refractivity contribution is 4.88. The predicted octanol–water partition coefficient (Wildman–Crippen LogP) is 2.05. The summed E-state index contributed by atoms with van der Waals surface area (Å²) in [6.45, 7) is 7.19. The van der Waals surface area contributed by atoms with Crippen LogP contribution in [-0.2, 0) is 0 Å². The van der Waals surface area contributed by atoms with Gasteiger partial charge in [0, 0.05) is 6.61 Å². The lowest BCUT2D eigenvalue weighted by atomic mass is 9.89. The first-order chi connectivity index (χ1) is 4.53. The molecule has 0 unspecified atom stereocenters.